The van der Waals surface area contributed by atoms with Gasteiger partial charge in [0.05, 0.1) is 0 Å². The van der Waals surface area contributed by atoms with Crippen LogP contribution in [0.2, 0.25) is 5.02 Å². The first-order chi connectivity index (χ1) is 9.52. The van der Waals surface area contributed by atoms with E-state index >= 15 is 0 Å². The molecule has 1 atom stereocenters. The minimum Gasteiger partial charge on any atom is -0.480 e. The van der Waals surface area contributed by atoms with Gasteiger partial charge in [-0.3, -0.25) is 4.79 Å². The number of carboxylic acid groups (broad SMARTS) is 1. The van der Waals surface area contributed by atoms with Gasteiger partial charge in [-0.05, 0) is 37.0 Å². The second-order valence-corrected chi connectivity index (χ2v) is 4.89. The van der Waals surface area contributed by atoms with Crippen LogP contribution in [0.3, 0.4) is 0 Å². The third kappa shape index (κ3) is 5.89. The van der Waals surface area contributed by atoms with Gasteiger partial charge < -0.3 is 10.4 Å². The van der Waals surface area contributed by atoms with E-state index in [2.05, 4.69) is 11.9 Å². The number of halogens is 1. The van der Waals surface area contributed by atoms with Gasteiger partial charge in [-0.15, -0.1) is 6.58 Å². The summed E-state index contributed by atoms with van der Waals surface area (Å²) in [6.07, 6.45) is 3.33. The van der Waals surface area contributed by atoms with Crippen molar-refractivity contribution in [1.29, 1.82) is 0 Å². The van der Waals surface area contributed by atoms with Crippen molar-refractivity contribution in [1.82, 2.24) is 5.32 Å². The van der Waals surface area contributed by atoms with Gasteiger partial charge in [0.25, 0.3) is 0 Å². The van der Waals surface area contributed by atoms with Gasteiger partial charge in [0, 0.05) is 11.4 Å². The Bertz CT molecular complexity index is 471. The van der Waals surface area contributed by atoms with Gasteiger partial charge in [0.15, 0.2) is 0 Å². The maximum atomic E-state index is 11.5. The van der Waals surface area contributed by atoms with Crippen LogP contribution in [-0.4, -0.2) is 23.0 Å². The van der Waals surface area contributed by atoms with Gasteiger partial charge >= 0.3 is 5.97 Å². The fourth-order valence-electron chi connectivity index (χ4n) is 1.72. The molecule has 0 saturated heterocycles. The maximum absolute atomic E-state index is 11.5. The standard InChI is InChI=1S/C15H18ClNO3/c1-2-3-4-14(18)17-13(15(19)20)10-7-11-5-8-12(16)9-6-11/h2,5-6,8-9,13H,1,3-4,7,10H2,(H,17,18)(H,19,20). The summed E-state index contributed by atoms with van der Waals surface area (Å²) in [5, 5.41) is 12.3. The fourth-order valence-corrected chi connectivity index (χ4v) is 1.85. The van der Waals surface area contributed by atoms with Gasteiger partial charge in [0.1, 0.15) is 6.04 Å². The Morgan fingerprint density at radius 2 is 2.00 bits per heavy atom. The van der Waals surface area contributed by atoms with Gasteiger partial charge in [-0.2, -0.15) is 0 Å². The van der Waals surface area contributed by atoms with E-state index in [1.807, 2.05) is 12.1 Å². The molecule has 0 heterocycles. The first kappa shape index (κ1) is 16.2. The molecule has 0 fully saturated rings. The predicted molar refractivity (Wildman–Crippen MR) is 78.8 cm³/mol. The average molecular weight is 296 g/mol. The second kappa shape index (κ2) is 8.38. The normalized spacial score (nSPS) is 11.7. The molecule has 2 N–H and O–H groups in total. The molecule has 108 valence electrons. The molecule has 20 heavy (non-hydrogen) atoms. The summed E-state index contributed by atoms with van der Waals surface area (Å²) in [6, 6.07) is 6.34. The Hall–Kier alpha value is -1.81. The lowest BCUT2D eigenvalue weighted by molar-refractivity contribution is -0.142. The third-order valence-corrected chi connectivity index (χ3v) is 3.10. The molecule has 0 bridgehead atoms. The van der Waals surface area contributed by atoms with E-state index in [0.29, 0.717) is 24.3 Å². The van der Waals surface area contributed by atoms with E-state index in [4.69, 9.17) is 16.7 Å². The first-order valence-corrected chi connectivity index (χ1v) is 6.78. The van der Waals surface area contributed by atoms with Crippen molar-refractivity contribution in [2.75, 3.05) is 0 Å². The largest absolute Gasteiger partial charge is 0.480 e. The maximum Gasteiger partial charge on any atom is 0.326 e. The van der Waals surface area contributed by atoms with Crippen LogP contribution in [0.25, 0.3) is 0 Å². The zero-order chi connectivity index (χ0) is 15.0. The van der Waals surface area contributed by atoms with Crippen molar-refractivity contribution in [3.8, 4) is 0 Å². The van der Waals surface area contributed by atoms with E-state index in [0.717, 1.165) is 5.56 Å². The summed E-state index contributed by atoms with van der Waals surface area (Å²) in [4.78, 5) is 22.7. The summed E-state index contributed by atoms with van der Waals surface area (Å²) in [7, 11) is 0. The molecule has 1 aromatic rings. The SMILES string of the molecule is C=CCCC(=O)NC(CCc1ccc(Cl)cc1)C(=O)O. The van der Waals surface area contributed by atoms with Crippen molar-refractivity contribution < 1.29 is 14.7 Å². The molecule has 0 radical (unpaired) electrons. The van der Waals surface area contributed by atoms with Crippen LogP contribution in [0.4, 0.5) is 0 Å². The molecule has 0 aliphatic heterocycles. The number of allylic oxidation sites excluding steroid dienone is 1. The Balaban J connectivity index is 2.50. The van der Waals surface area contributed by atoms with E-state index in [1.165, 1.54) is 0 Å². The number of aliphatic carboxylic acids is 1. The highest BCUT2D eigenvalue weighted by Gasteiger charge is 2.19. The Morgan fingerprint density at radius 1 is 1.35 bits per heavy atom. The zero-order valence-electron chi connectivity index (χ0n) is 11.1. The highest BCUT2D eigenvalue weighted by Crippen LogP contribution is 2.12. The number of carboxylic acids is 1. The van der Waals surface area contributed by atoms with Crippen LogP contribution in [0, 0.1) is 0 Å². The van der Waals surface area contributed by atoms with E-state index in [-0.39, 0.29) is 12.3 Å². The lowest BCUT2D eigenvalue weighted by Crippen LogP contribution is -2.40. The molecule has 1 rings (SSSR count). The summed E-state index contributed by atoms with van der Waals surface area (Å²) < 4.78 is 0. The number of amides is 1. The molecular formula is C15H18ClNO3. The molecule has 0 aliphatic carbocycles. The third-order valence-electron chi connectivity index (χ3n) is 2.84. The van der Waals surface area contributed by atoms with Crippen molar-refractivity contribution in [3.05, 3.63) is 47.5 Å². The molecule has 1 unspecified atom stereocenters. The number of carbonyl (C=O) groups excluding carboxylic acids is 1. The van der Waals surface area contributed by atoms with Crippen LogP contribution in [0.1, 0.15) is 24.8 Å². The van der Waals surface area contributed by atoms with E-state index in [9.17, 15) is 9.59 Å². The molecule has 5 heteroatoms. The highest BCUT2D eigenvalue weighted by atomic mass is 35.5. The van der Waals surface area contributed by atoms with Gasteiger partial charge in [0.2, 0.25) is 5.91 Å². The molecule has 4 nitrogen and oxygen atoms in total. The van der Waals surface area contributed by atoms with Crippen molar-refractivity contribution >= 4 is 23.5 Å². The minimum absolute atomic E-state index is 0.258. The lowest BCUT2D eigenvalue weighted by Gasteiger charge is -2.14. The molecule has 1 amide bonds. The number of hydrogen-bond donors (Lipinski definition) is 2. The number of rotatable bonds is 8. The average Bonchev–Trinajstić information content (AvgIpc) is 2.42. The molecule has 1 aromatic carbocycles. The number of hydrogen-bond acceptors (Lipinski definition) is 2. The molecule has 0 spiro atoms. The smallest absolute Gasteiger partial charge is 0.326 e. The minimum atomic E-state index is -1.02. The topological polar surface area (TPSA) is 66.4 Å². The van der Waals surface area contributed by atoms with Crippen LogP contribution in [0.15, 0.2) is 36.9 Å². The Kier molecular flexibility index (Phi) is 6.81. The van der Waals surface area contributed by atoms with E-state index < -0.39 is 12.0 Å². The number of carbonyl (C=O) groups is 2. The molecule has 0 aliphatic rings. The van der Waals surface area contributed by atoms with Crippen LogP contribution in [0.5, 0.6) is 0 Å². The van der Waals surface area contributed by atoms with Crippen molar-refractivity contribution in [2.45, 2.75) is 31.7 Å². The lowest BCUT2D eigenvalue weighted by atomic mass is 10.1. The Labute approximate surface area is 123 Å². The van der Waals surface area contributed by atoms with Crippen LogP contribution in [-0.2, 0) is 16.0 Å². The summed E-state index contributed by atoms with van der Waals surface area (Å²) in [6.45, 7) is 3.52. The number of benzene rings is 1. The first-order valence-electron chi connectivity index (χ1n) is 6.40. The van der Waals surface area contributed by atoms with E-state index in [1.54, 1.807) is 18.2 Å². The second-order valence-electron chi connectivity index (χ2n) is 4.45. The zero-order valence-corrected chi connectivity index (χ0v) is 11.9. The summed E-state index contributed by atoms with van der Waals surface area (Å²) in [5.41, 5.74) is 0.987. The predicted octanol–water partition coefficient (Wildman–Crippen LogP) is 2.81. The number of nitrogens with one attached hydrogen (secondary N) is 1. The van der Waals surface area contributed by atoms with Gasteiger partial charge in [-0.1, -0.05) is 29.8 Å². The molecular weight excluding hydrogens is 278 g/mol. The molecule has 0 saturated carbocycles. The fraction of sp³-hybridized carbons (Fsp3) is 0.333. The Morgan fingerprint density at radius 3 is 2.55 bits per heavy atom. The highest BCUT2D eigenvalue weighted by molar-refractivity contribution is 6.30. The van der Waals surface area contributed by atoms with Crippen LogP contribution < -0.4 is 5.32 Å². The van der Waals surface area contributed by atoms with Gasteiger partial charge in [-0.25, -0.2) is 4.79 Å². The summed E-state index contributed by atoms with van der Waals surface area (Å²) >= 11 is 5.78. The number of aryl methyl sites for hydroxylation is 1. The molecule has 0 aromatic heterocycles. The van der Waals surface area contributed by atoms with Crippen LogP contribution >= 0.6 is 11.6 Å². The quantitative estimate of drug-likeness (QED) is 0.725. The monoisotopic (exact) mass is 295 g/mol. The summed E-state index contributed by atoms with van der Waals surface area (Å²) in [5.74, 6) is -1.29. The van der Waals surface area contributed by atoms with Crippen molar-refractivity contribution in [3.63, 3.8) is 0 Å². The van der Waals surface area contributed by atoms with Crippen molar-refractivity contribution in [2.24, 2.45) is 0 Å².